The molecule has 0 saturated heterocycles. The number of amides is 2. The second kappa shape index (κ2) is 8.71. The highest BCUT2D eigenvalue weighted by Crippen LogP contribution is 2.20. The highest BCUT2D eigenvalue weighted by molar-refractivity contribution is 6.44. The van der Waals surface area contributed by atoms with Gasteiger partial charge in [-0.05, 0) is 30.3 Å². The number of carbonyl (C=O) groups excluding carboxylic acids is 4. The standard InChI is InChI=1S/C18H14F2N2O6/c1-27-17(25)9-3-5-11(18(26)28-2)14(7-9)22-16(24)15(23)21-13-6-4-10(19)8-12(13)20/h3-8H,1-2H3,(H,21,23)(H,22,24). The molecule has 2 aromatic carbocycles. The first-order valence-electron chi connectivity index (χ1n) is 7.65. The van der Waals surface area contributed by atoms with Gasteiger partial charge in [-0.3, -0.25) is 9.59 Å². The fourth-order valence-corrected chi connectivity index (χ4v) is 2.13. The number of hydrogen-bond donors (Lipinski definition) is 2. The number of hydrogen-bond acceptors (Lipinski definition) is 6. The third-order valence-corrected chi connectivity index (χ3v) is 3.48. The minimum Gasteiger partial charge on any atom is -0.465 e. The Hall–Kier alpha value is -3.82. The predicted octanol–water partition coefficient (Wildman–Crippen LogP) is 2.12. The van der Waals surface area contributed by atoms with Crippen molar-refractivity contribution >= 4 is 35.1 Å². The summed E-state index contributed by atoms with van der Waals surface area (Å²) in [4.78, 5) is 47.6. The van der Waals surface area contributed by atoms with Crippen LogP contribution in [0.1, 0.15) is 20.7 Å². The second-order valence-electron chi connectivity index (χ2n) is 5.28. The van der Waals surface area contributed by atoms with E-state index in [0.717, 1.165) is 32.4 Å². The van der Waals surface area contributed by atoms with Gasteiger partial charge >= 0.3 is 23.8 Å². The van der Waals surface area contributed by atoms with Crippen molar-refractivity contribution in [3.63, 3.8) is 0 Å². The van der Waals surface area contributed by atoms with E-state index in [-0.39, 0.29) is 16.8 Å². The van der Waals surface area contributed by atoms with Crippen molar-refractivity contribution in [1.82, 2.24) is 0 Å². The highest BCUT2D eigenvalue weighted by atomic mass is 19.1. The number of nitrogens with one attached hydrogen (secondary N) is 2. The Labute approximate surface area is 157 Å². The van der Waals surface area contributed by atoms with Gasteiger partial charge in [0.2, 0.25) is 0 Å². The molecule has 0 aliphatic carbocycles. The van der Waals surface area contributed by atoms with Gasteiger partial charge in [0, 0.05) is 6.07 Å². The van der Waals surface area contributed by atoms with Gasteiger partial charge in [-0.1, -0.05) is 0 Å². The molecule has 0 spiro atoms. The van der Waals surface area contributed by atoms with Gasteiger partial charge in [0.05, 0.1) is 36.7 Å². The lowest BCUT2D eigenvalue weighted by molar-refractivity contribution is -0.133. The molecule has 0 aliphatic rings. The van der Waals surface area contributed by atoms with Crippen LogP contribution in [0.3, 0.4) is 0 Å². The number of methoxy groups -OCH3 is 2. The molecule has 2 aromatic rings. The molecule has 0 aromatic heterocycles. The van der Waals surface area contributed by atoms with E-state index in [4.69, 9.17) is 0 Å². The average molecular weight is 392 g/mol. The SMILES string of the molecule is COC(=O)c1ccc(C(=O)OC)c(NC(=O)C(=O)Nc2ccc(F)cc2F)c1. The number of esters is 2. The van der Waals surface area contributed by atoms with E-state index in [1.54, 1.807) is 0 Å². The van der Waals surface area contributed by atoms with Crippen LogP contribution in [-0.2, 0) is 19.1 Å². The zero-order valence-electron chi connectivity index (χ0n) is 14.7. The molecule has 0 unspecified atom stereocenters. The molecule has 0 atom stereocenters. The summed E-state index contributed by atoms with van der Waals surface area (Å²) < 4.78 is 35.6. The van der Waals surface area contributed by atoms with E-state index in [9.17, 15) is 28.0 Å². The molecule has 8 nitrogen and oxygen atoms in total. The van der Waals surface area contributed by atoms with Gasteiger partial charge in [0.15, 0.2) is 0 Å². The van der Waals surface area contributed by atoms with E-state index in [0.29, 0.717) is 6.07 Å². The van der Waals surface area contributed by atoms with Crippen molar-refractivity contribution in [2.75, 3.05) is 24.9 Å². The zero-order valence-corrected chi connectivity index (χ0v) is 14.7. The summed E-state index contributed by atoms with van der Waals surface area (Å²) >= 11 is 0. The van der Waals surface area contributed by atoms with Crippen molar-refractivity contribution in [1.29, 1.82) is 0 Å². The van der Waals surface area contributed by atoms with Crippen LogP contribution in [0.15, 0.2) is 36.4 Å². The number of halogens is 2. The molecule has 28 heavy (non-hydrogen) atoms. The Bertz CT molecular complexity index is 961. The molecule has 0 saturated carbocycles. The highest BCUT2D eigenvalue weighted by Gasteiger charge is 2.21. The Morgan fingerprint density at radius 1 is 0.786 bits per heavy atom. The van der Waals surface area contributed by atoms with Crippen LogP contribution >= 0.6 is 0 Å². The average Bonchev–Trinajstić information content (AvgIpc) is 2.68. The maximum atomic E-state index is 13.6. The van der Waals surface area contributed by atoms with Crippen molar-refractivity contribution in [2.24, 2.45) is 0 Å². The smallest absolute Gasteiger partial charge is 0.339 e. The Kier molecular flexibility index (Phi) is 6.38. The lowest BCUT2D eigenvalue weighted by Gasteiger charge is -2.11. The van der Waals surface area contributed by atoms with Crippen LogP contribution in [-0.4, -0.2) is 38.0 Å². The van der Waals surface area contributed by atoms with Crippen LogP contribution in [0.2, 0.25) is 0 Å². The molecule has 0 aliphatic heterocycles. The van der Waals surface area contributed by atoms with Crippen molar-refractivity contribution < 1.29 is 37.4 Å². The summed E-state index contributed by atoms with van der Waals surface area (Å²) in [5.74, 6) is -6.08. The first kappa shape index (κ1) is 20.5. The molecule has 2 rings (SSSR count). The van der Waals surface area contributed by atoms with Gasteiger partial charge in [-0.2, -0.15) is 0 Å². The summed E-state index contributed by atoms with van der Waals surface area (Å²) in [5.41, 5.74) is -0.757. The van der Waals surface area contributed by atoms with E-state index in [1.807, 2.05) is 5.32 Å². The fourth-order valence-electron chi connectivity index (χ4n) is 2.13. The molecule has 2 amide bonds. The summed E-state index contributed by atoms with van der Waals surface area (Å²) in [6.45, 7) is 0. The van der Waals surface area contributed by atoms with Crippen LogP contribution in [0.4, 0.5) is 20.2 Å². The summed E-state index contributed by atoms with van der Waals surface area (Å²) in [7, 11) is 2.24. The molecular formula is C18H14F2N2O6. The molecule has 10 heteroatoms. The Morgan fingerprint density at radius 3 is 1.96 bits per heavy atom. The minimum absolute atomic E-state index is 0.00422. The lowest BCUT2D eigenvalue weighted by atomic mass is 10.1. The molecule has 0 bridgehead atoms. The first-order valence-corrected chi connectivity index (χ1v) is 7.65. The Balaban J connectivity index is 2.26. The van der Waals surface area contributed by atoms with Crippen LogP contribution in [0, 0.1) is 11.6 Å². The molecule has 146 valence electrons. The van der Waals surface area contributed by atoms with Crippen molar-refractivity contribution in [3.05, 3.63) is 59.2 Å². The van der Waals surface area contributed by atoms with Gasteiger partial charge in [-0.15, -0.1) is 0 Å². The number of anilines is 2. The largest absolute Gasteiger partial charge is 0.465 e. The number of carbonyl (C=O) groups is 4. The van der Waals surface area contributed by atoms with Crippen molar-refractivity contribution in [3.8, 4) is 0 Å². The van der Waals surface area contributed by atoms with Gasteiger partial charge in [0.1, 0.15) is 11.6 Å². The second-order valence-corrected chi connectivity index (χ2v) is 5.28. The third kappa shape index (κ3) is 4.67. The summed E-state index contributed by atoms with van der Waals surface area (Å²) in [5, 5.41) is 4.11. The zero-order chi connectivity index (χ0) is 20.8. The lowest BCUT2D eigenvalue weighted by Crippen LogP contribution is -2.30. The minimum atomic E-state index is -1.29. The first-order chi connectivity index (χ1) is 13.3. The van der Waals surface area contributed by atoms with Gasteiger partial charge in [0.25, 0.3) is 0 Å². The van der Waals surface area contributed by atoms with Gasteiger partial charge in [-0.25, -0.2) is 18.4 Å². The molecular weight excluding hydrogens is 378 g/mol. The van der Waals surface area contributed by atoms with Crippen LogP contribution in [0.5, 0.6) is 0 Å². The van der Waals surface area contributed by atoms with E-state index in [1.165, 1.54) is 12.1 Å². The van der Waals surface area contributed by atoms with E-state index in [2.05, 4.69) is 14.8 Å². The number of rotatable bonds is 4. The number of ether oxygens (including phenoxy) is 2. The Morgan fingerprint density at radius 2 is 1.39 bits per heavy atom. The maximum Gasteiger partial charge on any atom is 0.339 e. The fraction of sp³-hybridized carbons (Fsp3) is 0.111. The molecule has 2 N–H and O–H groups in total. The normalized spacial score (nSPS) is 10.0. The van der Waals surface area contributed by atoms with Crippen LogP contribution in [0.25, 0.3) is 0 Å². The summed E-state index contributed by atoms with van der Waals surface area (Å²) in [6.07, 6.45) is 0. The number of benzene rings is 2. The van der Waals surface area contributed by atoms with Crippen molar-refractivity contribution in [2.45, 2.75) is 0 Å². The van der Waals surface area contributed by atoms with Gasteiger partial charge < -0.3 is 20.1 Å². The molecule has 0 fully saturated rings. The van der Waals surface area contributed by atoms with E-state index >= 15 is 0 Å². The van der Waals surface area contributed by atoms with E-state index < -0.39 is 41.1 Å². The topological polar surface area (TPSA) is 111 Å². The maximum absolute atomic E-state index is 13.6. The molecule has 0 heterocycles. The third-order valence-electron chi connectivity index (χ3n) is 3.48. The molecule has 0 radical (unpaired) electrons. The summed E-state index contributed by atoms with van der Waals surface area (Å²) in [6, 6.07) is 5.94. The monoisotopic (exact) mass is 392 g/mol. The predicted molar refractivity (Wildman–Crippen MR) is 92.7 cm³/mol. The van der Waals surface area contributed by atoms with Crippen LogP contribution < -0.4 is 10.6 Å². The quantitative estimate of drug-likeness (QED) is 0.609.